The maximum Gasteiger partial charge on any atom is 0.248 e. The molecular weight excluding hydrogens is 216 g/mol. The molecule has 1 aromatic rings. The fourth-order valence-electron chi connectivity index (χ4n) is 1.55. The number of carbonyl (C=O) groups is 1. The molecule has 0 aromatic heterocycles. The van der Waals surface area contributed by atoms with Gasteiger partial charge in [0.05, 0.1) is 0 Å². The van der Waals surface area contributed by atoms with Gasteiger partial charge in [-0.15, -0.1) is 0 Å². The van der Waals surface area contributed by atoms with Crippen molar-refractivity contribution in [1.29, 1.82) is 0 Å². The van der Waals surface area contributed by atoms with Gasteiger partial charge in [-0.05, 0) is 18.1 Å². The number of ether oxygens (including phenoxy) is 1. The molecule has 0 saturated carbocycles. The van der Waals surface area contributed by atoms with Gasteiger partial charge < -0.3 is 15.4 Å². The summed E-state index contributed by atoms with van der Waals surface area (Å²) in [6, 6.07) is 7.88. The minimum absolute atomic E-state index is 0.0151. The van der Waals surface area contributed by atoms with Crippen LogP contribution in [0.3, 0.4) is 0 Å². The van der Waals surface area contributed by atoms with Crippen LogP contribution in [0.25, 0.3) is 0 Å². The number of benzene rings is 1. The predicted molar refractivity (Wildman–Crippen MR) is 67.3 cm³/mol. The summed E-state index contributed by atoms with van der Waals surface area (Å²) in [7, 11) is 1.77. The van der Waals surface area contributed by atoms with Crippen LogP contribution in [0.2, 0.25) is 0 Å². The number of hydrogen-bond acceptors (Lipinski definition) is 3. The highest BCUT2D eigenvalue weighted by molar-refractivity contribution is 5.77. The van der Waals surface area contributed by atoms with E-state index in [-0.39, 0.29) is 12.5 Å². The van der Waals surface area contributed by atoms with Crippen molar-refractivity contribution in [1.82, 2.24) is 4.90 Å². The molecule has 4 heteroatoms. The first-order chi connectivity index (χ1) is 8.19. The van der Waals surface area contributed by atoms with E-state index < -0.39 is 0 Å². The number of hydrogen-bond donors (Lipinski definition) is 1. The number of carbonyl (C=O) groups excluding carboxylic acids is 1. The minimum atomic E-state index is -0.0151. The second-order valence-electron chi connectivity index (χ2n) is 3.86. The molecule has 0 unspecified atom stereocenters. The topological polar surface area (TPSA) is 55.6 Å². The molecule has 1 aromatic carbocycles. The first-order valence-corrected chi connectivity index (χ1v) is 5.77. The minimum Gasteiger partial charge on any atom is -0.372 e. The maximum atomic E-state index is 11.7. The Kier molecular flexibility index (Phi) is 5.66. The summed E-state index contributed by atoms with van der Waals surface area (Å²) in [5, 5.41) is 0. The van der Waals surface area contributed by atoms with Gasteiger partial charge >= 0.3 is 0 Å². The Morgan fingerprint density at radius 1 is 1.35 bits per heavy atom. The largest absolute Gasteiger partial charge is 0.372 e. The maximum absolute atomic E-state index is 11.7. The van der Waals surface area contributed by atoms with Crippen molar-refractivity contribution in [3.05, 3.63) is 35.4 Å². The number of likely N-dealkylation sites (N-methyl/N-ethyl adjacent to an activating group) is 1. The summed E-state index contributed by atoms with van der Waals surface area (Å²) in [6.07, 6.45) is 0. The van der Waals surface area contributed by atoms with E-state index in [4.69, 9.17) is 10.5 Å². The number of nitrogens with two attached hydrogens (primary N) is 1. The molecule has 2 N–H and O–H groups in total. The summed E-state index contributed by atoms with van der Waals surface area (Å²) in [4.78, 5) is 13.3. The summed E-state index contributed by atoms with van der Waals surface area (Å²) in [6.45, 7) is 3.62. The molecule has 0 aliphatic carbocycles. The van der Waals surface area contributed by atoms with Gasteiger partial charge in [-0.1, -0.05) is 24.3 Å². The Labute approximate surface area is 102 Å². The fourth-order valence-corrected chi connectivity index (χ4v) is 1.55. The zero-order chi connectivity index (χ0) is 12.7. The van der Waals surface area contributed by atoms with E-state index in [1.807, 2.05) is 31.2 Å². The van der Waals surface area contributed by atoms with Gasteiger partial charge in [0.15, 0.2) is 0 Å². The van der Waals surface area contributed by atoms with Crippen LogP contribution >= 0.6 is 0 Å². The van der Waals surface area contributed by atoms with Crippen molar-refractivity contribution >= 4 is 5.91 Å². The van der Waals surface area contributed by atoms with Crippen LogP contribution in [-0.4, -0.2) is 31.1 Å². The quantitative estimate of drug-likeness (QED) is 0.806. The van der Waals surface area contributed by atoms with Crippen LogP contribution in [0.5, 0.6) is 0 Å². The smallest absolute Gasteiger partial charge is 0.248 e. The SMILES string of the molecule is CCOCC(=O)N(C)Cc1ccccc1CN. The molecule has 17 heavy (non-hydrogen) atoms. The molecule has 1 rings (SSSR count). The first kappa shape index (κ1) is 13.7. The molecule has 0 heterocycles. The van der Waals surface area contributed by atoms with Crippen molar-refractivity contribution in [2.45, 2.75) is 20.0 Å². The summed E-state index contributed by atoms with van der Waals surface area (Å²) in [5.74, 6) is -0.0151. The van der Waals surface area contributed by atoms with E-state index in [9.17, 15) is 4.79 Å². The predicted octanol–water partition coefficient (Wildman–Crippen LogP) is 1.14. The highest BCUT2D eigenvalue weighted by atomic mass is 16.5. The third-order valence-electron chi connectivity index (χ3n) is 2.60. The van der Waals surface area contributed by atoms with Crippen molar-refractivity contribution in [2.24, 2.45) is 5.73 Å². The van der Waals surface area contributed by atoms with Crippen LogP contribution in [0, 0.1) is 0 Å². The van der Waals surface area contributed by atoms with Crippen LogP contribution in [0.4, 0.5) is 0 Å². The van der Waals surface area contributed by atoms with Gasteiger partial charge in [0.2, 0.25) is 5.91 Å². The molecular formula is C13H20N2O2. The highest BCUT2D eigenvalue weighted by Crippen LogP contribution is 2.10. The molecule has 0 aliphatic rings. The standard InChI is InChI=1S/C13H20N2O2/c1-3-17-10-13(16)15(2)9-12-7-5-4-6-11(12)8-14/h4-7H,3,8-10,14H2,1-2H3. The molecule has 94 valence electrons. The van der Waals surface area contributed by atoms with Crippen molar-refractivity contribution in [3.8, 4) is 0 Å². The van der Waals surface area contributed by atoms with E-state index in [2.05, 4.69) is 0 Å². The van der Waals surface area contributed by atoms with Gasteiger partial charge in [0, 0.05) is 26.7 Å². The average Bonchev–Trinajstić information content (AvgIpc) is 2.36. The van der Waals surface area contributed by atoms with Gasteiger partial charge in [-0.3, -0.25) is 4.79 Å². The Morgan fingerprint density at radius 3 is 2.59 bits per heavy atom. The van der Waals surface area contributed by atoms with E-state index >= 15 is 0 Å². The summed E-state index contributed by atoms with van der Waals surface area (Å²) in [5.41, 5.74) is 7.81. The Bertz CT molecular complexity index is 366. The summed E-state index contributed by atoms with van der Waals surface area (Å²) >= 11 is 0. The normalized spacial score (nSPS) is 10.3. The Balaban J connectivity index is 2.60. The first-order valence-electron chi connectivity index (χ1n) is 5.77. The van der Waals surface area contributed by atoms with E-state index in [1.54, 1.807) is 11.9 Å². The average molecular weight is 236 g/mol. The van der Waals surface area contributed by atoms with Gasteiger partial charge in [0.25, 0.3) is 0 Å². The molecule has 0 bridgehead atoms. The molecule has 0 saturated heterocycles. The molecule has 0 atom stereocenters. The second kappa shape index (κ2) is 7.04. The molecule has 0 radical (unpaired) electrons. The summed E-state index contributed by atoms with van der Waals surface area (Å²) < 4.78 is 5.09. The van der Waals surface area contributed by atoms with Crippen LogP contribution in [0.1, 0.15) is 18.1 Å². The molecule has 4 nitrogen and oxygen atoms in total. The van der Waals surface area contributed by atoms with E-state index in [0.717, 1.165) is 11.1 Å². The lowest BCUT2D eigenvalue weighted by atomic mass is 10.1. The van der Waals surface area contributed by atoms with Crippen LogP contribution < -0.4 is 5.73 Å². The number of amides is 1. The van der Waals surface area contributed by atoms with E-state index in [0.29, 0.717) is 19.7 Å². The van der Waals surface area contributed by atoms with Crippen molar-refractivity contribution in [3.63, 3.8) is 0 Å². The Hall–Kier alpha value is -1.39. The van der Waals surface area contributed by atoms with Gasteiger partial charge in [-0.2, -0.15) is 0 Å². The lowest BCUT2D eigenvalue weighted by Gasteiger charge is -2.18. The van der Waals surface area contributed by atoms with Crippen molar-refractivity contribution in [2.75, 3.05) is 20.3 Å². The molecule has 0 spiro atoms. The number of rotatable bonds is 6. The highest BCUT2D eigenvalue weighted by Gasteiger charge is 2.10. The lowest BCUT2D eigenvalue weighted by Crippen LogP contribution is -2.30. The van der Waals surface area contributed by atoms with Crippen LogP contribution in [-0.2, 0) is 22.6 Å². The molecule has 0 aliphatic heterocycles. The van der Waals surface area contributed by atoms with Crippen molar-refractivity contribution < 1.29 is 9.53 Å². The fraction of sp³-hybridized carbons (Fsp3) is 0.462. The molecule has 1 amide bonds. The number of nitrogens with zero attached hydrogens (tertiary/aromatic N) is 1. The Morgan fingerprint density at radius 2 is 2.00 bits per heavy atom. The third kappa shape index (κ3) is 4.17. The lowest BCUT2D eigenvalue weighted by molar-refractivity contribution is -0.135. The van der Waals surface area contributed by atoms with Crippen LogP contribution in [0.15, 0.2) is 24.3 Å². The second-order valence-corrected chi connectivity index (χ2v) is 3.86. The third-order valence-corrected chi connectivity index (χ3v) is 2.60. The zero-order valence-electron chi connectivity index (χ0n) is 10.5. The van der Waals surface area contributed by atoms with E-state index in [1.165, 1.54) is 0 Å². The zero-order valence-corrected chi connectivity index (χ0v) is 10.5. The molecule has 0 fully saturated rings. The van der Waals surface area contributed by atoms with Gasteiger partial charge in [0.1, 0.15) is 6.61 Å². The monoisotopic (exact) mass is 236 g/mol. The van der Waals surface area contributed by atoms with Gasteiger partial charge in [-0.25, -0.2) is 0 Å².